The summed E-state index contributed by atoms with van der Waals surface area (Å²) in [6.45, 7) is 0. The molecule has 0 spiro atoms. The number of amides is 1. The maximum Gasteiger partial charge on any atom is 0.274 e. The summed E-state index contributed by atoms with van der Waals surface area (Å²) in [5, 5.41) is 13.5. The van der Waals surface area contributed by atoms with Gasteiger partial charge in [-0.1, -0.05) is 0 Å². The lowest BCUT2D eigenvalue weighted by Gasteiger charge is -2.35. The molecule has 11 nitrogen and oxygen atoms in total. The first-order valence-electron chi connectivity index (χ1n) is 11.4. The Morgan fingerprint density at radius 2 is 2.03 bits per heavy atom. The minimum absolute atomic E-state index is 0.0236. The van der Waals surface area contributed by atoms with Gasteiger partial charge in [-0.05, 0) is 37.8 Å². The van der Waals surface area contributed by atoms with Crippen molar-refractivity contribution in [2.24, 2.45) is 0 Å². The van der Waals surface area contributed by atoms with E-state index in [9.17, 15) is 9.59 Å². The van der Waals surface area contributed by atoms with Gasteiger partial charge >= 0.3 is 0 Å². The minimum atomic E-state index is -0.256. The first-order chi connectivity index (χ1) is 16.5. The van der Waals surface area contributed by atoms with Crippen LogP contribution in [0, 0.1) is 0 Å². The monoisotopic (exact) mass is 467 g/mol. The molecular weight excluding hydrogens is 438 g/mol. The van der Waals surface area contributed by atoms with Crippen molar-refractivity contribution in [3.05, 3.63) is 46.5 Å². The van der Waals surface area contributed by atoms with Gasteiger partial charge in [0.2, 0.25) is 0 Å². The van der Waals surface area contributed by atoms with E-state index < -0.39 is 0 Å². The second kappa shape index (κ2) is 9.07. The zero-order chi connectivity index (χ0) is 23.8. The molecule has 0 aromatic carbocycles. The second-order valence-electron chi connectivity index (χ2n) is 8.74. The van der Waals surface area contributed by atoms with E-state index in [4.69, 9.17) is 9.47 Å². The summed E-state index contributed by atoms with van der Waals surface area (Å²) in [7, 11) is 5.10. The van der Waals surface area contributed by atoms with Gasteiger partial charge in [-0.25, -0.2) is 4.98 Å². The van der Waals surface area contributed by atoms with Crippen LogP contribution in [0.4, 0.5) is 17.3 Å². The number of hydrogen-bond acceptors (Lipinski definition) is 8. The smallest absolute Gasteiger partial charge is 0.274 e. The number of anilines is 3. The highest BCUT2D eigenvalue weighted by Gasteiger charge is 2.33. The third kappa shape index (κ3) is 3.90. The van der Waals surface area contributed by atoms with Gasteiger partial charge in [0.05, 0.1) is 24.4 Å². The van der Waals surface area contributed by atoms with Gasteiger partial charge in [0, 0.05) is 39.6 Å². The van der Waals surface area contributed by atoms with E-state index in [2.05, 4.69) is 26.0 Å². The Bertz CT molecular complexity index is 1260. The average molecular weight is 468 g/mol. The van der Waals surface area contributed by atoms with Gasteiger partial charge in [-0.15, -0.1) is 0 Å². The summed E-state index contributed by atoms with van der Waals surface area (Å²) >= 11 is 0. The van der Waals surface area contributed by atoms with E-state index in [1.165, 1.54) is 6.20 Å². The molecule has 2 saturated carbocycles. The molecule has 1 unspecified atom stereocenters. The Kier molecular flexibility index (Phi) is 5.96. The highest BCUT2D eigenvalue weighted by atomic mass is 16.5. The first kappa shape index (κ1) is 22.4. The highest BCUT2D eigenvalue weighted by Crippen LogP contribution is 2.33. The molecule has 34 heavy (non-hydrogen) atoms. The zero-order valence-electron chi connectivity index (χ0n) is 19.4. The van der Waals surface area contributed by atoms with Crippen LogP contribution in [0.1, 0.15) is 42.1 Å². The van der Waals surface area contributed by atoms with Crippen LogP contribution >= 0.6 is 0 Å². The summed E-state index contributed by atoms with van der Waals surface area (Å²) in [6, 6.07) is 5.40. The first-order valence-corrected chi connectivity index (χ1v) is 11.4. The quantitative estimate of drug-likeness (QED) is 0.459. The molecule has 3 aromatic rings. The van der Waals surface area contributed by atoms with Crippen molar-refractivity contribution in [1.82, 2.24) is 24.5 Å². The van der Waals surface area contributed by atoms with Crippen LogP contribution in [-0.4, -0.2) is 64.6 Å². The van der Waals surface area contributed by atoms with Crippen molar-refractivity contribution in [3.63, 3.8) is 0 Å². The van der Waals surface area contributed by atoms with E-state index in [0.29, 0.717) is 28.5 Å². The molecule has 180 valence electrons. The van der Waals surface area contributed by atoms with Gasteiger partial charge in [-0.3, -0.25) is 9.59 Å². The molecule has 11 heteroatoms. The molecule has 2 fully saturated rings. The number of ether oxygens (including phenoxy) is 2. The molecule has 3 heterocycles. The predicted octanol–water partition coefficient (Wildman–Crippen LogP) is 1.93. The number of methoxy groups -OCH3 is 2. The second-order valence-corrected chi connectivity index (χ2v) is 8.74. The van der Waals surface area contributed by atoms with Crippen LogP contribution in [0.15, 0.2) is 35.4 Å². The predicted molar refractivity (Wildman–Crippen MR) is 127 cm³/mol. The van der Waals surface area contributed by atoms with Crippen molar-refractivity contribution in [2.45, 2.75) is 50.0 Å². The lowest BCUT2D eigenvalue weighted by molar-refractivity contribution is 0.00522. The normalized spacial score (nSPS) is 23.7. The Morgan fingerprint density at radius 3 is 2.71 bits per heavy atom. The molecule has 5 rings (SSSR count). The largest absolute Gasteiger partial charge is 0.381 e. The maximum absolute atomic E-state index is 13.1. The minimum Gasteiger partial charge on any atom is -0.381 e. The molecule has 2 aliphatic carbocycles. The third-order valence-corrected chi connectivity index (χ3v) is 6.84. The van der Waals surface area contributed by atoms with E-state index in [-0.39, 0.29) is 35.8 Å². The topological polar surface area (TPSA) is 124 Å². The lowest BCUT2D eigenvalue weighted by atomic mass is 9.89. The molecule has 0 bridgehead atoms. The molecule has 0 saturated heterocycles. The van der Waals surface area contributed by atoms with Crippen molar-refractivity contribution in [3.8, 4) is 0 Å². The average Bonchev–Trinajstić information content (AvgIpc) is 3.22. The van der Waals surface area contributed by atoms with Crippen molar-refractivity contribution in [1.29, 1.82) is 0 Å². The summed E-state index contributed by atoms with van der Waals surface area (Å²) in [4.78, 5) is 30.7. The summed E-state index contributed by atoms with van der Waals surface area (Å²) in [5.74, 6) is 0.805. The molecular formula is C23H29N7O4. The Balaban J connectivity index is 1.43. The van der Waals surface area contributed by atoms with Crippen molar-refractivity contribution >= 4 is 28.9 Å². The molecule has 3 aromatic heterocycles. The molecule has 3 N–H and O–H groups in total. The number of hydrogen-bond donors (Lipinski definition) is 3. The number of aromatic nitrogens is 4. The van der Waals surface area contributed by atoms with Crippen LogP contribution < -0.4 is 21.5 Å². The lowest BCUT2D eigenvalue weighted by Crippen LogP contribution is -2.51. The van der Waals surface area contributed by atoms with Crippen molar-refractivity contribution < 1.29 is 14.3 Å². The fraction of sp³-hybridized carbons (Fsp3) is 0.478. The van der Waals surface area contributed by atoms with Crippen LogP contribution in [0.2, 0.25) is 0 Å². The Morgan fingerprint density at radius 1 is 1.21 bits per heavy atom. The molecule has 2 atom stereocenters. The molecule has 2 aliphatic rings. The molecule has 0 radical (unpaired) electrons. The van der Waals surface area contributed by atoms with Crippen LogP contribution in [0.25, 0.3) is 5.65 Å². The summed E-state index contributed by atoms with van der Waals surface area (Å²) < 4.78 is 14.0. The van der Waals surface area contributed by atoms with E-state index >= 15 is 0 Å². The van der Waals surface area contributed by atoms with Crippen molar-refractivity contribution in [2.75, 3.05) is 31.9 Å². The Hall–Kier alpha value is -3.44. The van der Waals surface area contributed by atoms with Crippen LogP contribution in [0.3, 0.4) is 0 Å². The van der Waals surface area contributed by atoms with Gasteiger partial charge in [0.25, 0.3) is 11.5 Å². The summed E-state index contributed by atoms with van der Waals surface area (Å²) in [6.07, 6.45) is 6.94. The number of pyridine rings is 1. The number of rotatable bonds is 8. The highest BCUT2D eigenvalue weighted by molar-refractivity contribution is 6.00. The zero-order valence-corrected chi connectivity index (χ0v) is 19.4. The van der Waals surface area contributed by atoms with Gasteiger partial charge < -0.3 is 30.0 Å². The van der Waals surface area contributed by atoms with Crippen LogP contribution in [-0.2, 0) is 9.47 Å². The van der Waals surface area contributed by atoms with Crippen LogP contribution in [0.5, 0.6) is 0 Å². The number of nitrogens with one attached hydrogen (secondary N) is 3. The third-order valence-electron chi connectivity index (χ3n) is 6.84. The van der Waals surface area contributed by atoms with E-state index in [0.717, 1.165) is 25.7 Å². The molecule has 0 aliphatic heterocycles. The summed E-state index contributed by atoms with van der Waals surface area (Å²) in [5.41, 5.74) is 1.02. The maximum atomic E-state index is 13.1. The number of carbonyl (C=O) groups is 1. The van der Waals surface area contributed by atoms with Gasteiger partial charge in [0.15, 0.2) is 5.65 Å². The number of fused-ring (bicyclic) bond motifs is 1. The molecule has 1 amide bonds. The van der Waals surface area contributed by atoms with E-state index in [1.54, 1.807) is 48.7 Å². The SMILES string of the molecule is CNc1cc(Nc2cccn(C3CC(OC)C3)c2=O)nc2c(C(=O)NC3CC[C@H]3OC)cnn12. The standard InChI is InChI=1S/C23H29N7O4/c1-24-20-11-19(26-17-5-4-8-29(23(17)32)13-9-14(10-13)33-2)28-21-15(12-25-30(20)21)22(31)27-16-6-7-18(16)34-3/h4-5,8,11-14,16,18,24H,6-7,9-10H2,1-3H3,(H,26,28)(H,27,31)/t13?,14?,16?,18-/m1/s1. The Labute approximate surface area is 196 Å². The fourth-order valence-electron chi connectivity index (χ4n) is 4.52. The fourth-order valence-corrected chi connectivity index (χ4v) is 4.52. The van der Waals surface area contributed by atoms with Gasteiger partial charge in [-0.2, -0.15) is 9.61 Å². The van der Waals surface area contributed by atoms with E-state index in [1.807, 2.05) is 6.07 Å². The van der Waals surface area contributed by atoms with Gasteiger partial charge in [0.1, 0.15) is 22.9 Å². The number of carbonyl (C=O) groups excluding carboxylic acids is 1. The number of nitrogens with zero attached hydrogens (tertiary/aromatic N) is 4.